The van der Waals surface area contributed by atoms with Crippen molar-refractivity contribution in [3.05, 3.63) is 11.9 Å². The van der Waals surface area contributed by atoms with E-state index in [0.717, 1.165) is 0 Å². The minimum absolute atomic E-state index is 0.0171. The van der Waals surface area contributed by atoms with Gasteiger partial charge in [-0.2, -0.15) is 0 Å². The number of rotatable bonds is 4. The fourth-order valence-corrected chi connectivity index (χ4v) is 1.32. The molecule has 0 spiro atoms. The Balaban J connectivity index is 2.60. The fourth-order valence-electron chi connectivity index (χ4n) is 1.32. The lowest BCUT2D eigenvalue weighted by Crippen LogP contribution is -2.30. The number of nitrogens with zero attached hydrogens (tertiary/aromatic N) is 3. The zero-order valence-electron chi connectivity index (χ0n) is 11.9. The topological polar surface area (TPSA) is 86.1 Å². The van der Waals surface area contributed by atoms with Gasteiger partial charge in [0.05, 0.1) is 6.20 Å². The standard InChI is InChI=1S/C12H20N4O3/c1-8(2)13-11(18)9-6-16(15-14-9)7-10(17)19-12(3,4)5/h6,8H,7H2,1-5H3,(H,13,18). The normalized spacial score (nSPS) is 11.5. The summed E-state index contributed by atoms with van der Waals surface area (Å²) in [6.07, 6.45) is 1.42. The van der Waals surface area contributed by atoms with Crippen LogP contribution in [0.25, 0.3) is 0 Å². The lowest BCUT2D eigenvalue weighted by atomic mass is 10.2. The Morgan fingerprint density at radius 1 is 1.42 bits per heavy atom. The zero-order valence-corrected chi connectivity index (χ0v) is 11.9. The molecule has 0 saturated carbocycles. The lowest BCUT2D eigenvalue weighted by Gasteiger charge is -2.19. The summed E-state index contributed by atoms with van der Waals surface area (Å²) >= 11 is 0. The molecule has 1 amide bonds. The van der Waals surface area contributed by atoms with E-state index in [-0.39, 0.29) is 24.2 Å². The summed E-state index contributed by atoms with van der Waals surface area (Å²) in [4.78, 5) is 23.2. The van der Waals surface area contributed by atoms with Crippen molar-refractivity contribution in [3.63, 3.8) is 0 Å². The van der Waals surface area contributed by atoms with Crippen LogP contribution < -0.4 is 5.32 Å². The number of ether oxygens (including phenoxy) is 1. The fraction of sp³-hybridized carbons (Fsp3) is 0.667. The van der Waals surface area contributed by atoms with E-state index in [9.17, 15) is 9.59 Å². The van der Waals surface area contributed by atoms with Crippen LogP contribution in [0.3, 0.4) is 0 Å². The molecule has 0 bridgehead atoms. The minimum Gasteiger partial charge on any atom is -0.459 e. The summed E-state index contributed by atoms with van der Waals surface area (Å²) in [5.74, 6) is -0.737. The Bertz CT molecular complexity index is 460. The summed E-state index contributed by atoms with van der Waals surface area (Å²) in [6, 6.07) is 0.0171. The highest BCUT2D eigenvalue weighted by Gasteiger charge is 2.18. The first kappa shape index (κ1) is 15.1. The van der Waals surface area contributed by atoms with Gasteiger partial charge in [-0.1, -0.05) is 5.21 Å². The molecule has 0 saturated heterocycles. The van der Waals surface area contributed by atoms with Crippen LogP contribution in [0.4, 0.5) is 0 Å². The van der Waals surface area contributed by atoms with Gasteiger partial charge >= 0.3 is 5.97 Å². The summed E-state index contributed by atoms with van der Waals surface area (Å²) in [7, 11) is 0. The van der Waals surface area contributed by atoms with Crippen LogP contribution >= 0.6 is 0 Å². The molecule has 0 unspecified atom stereocenters. The molecule has 1 heterocycles. The van der Waals surface area contributed by atoms with E-state index in [0.29, 0.717) is 0 Å². The maximum Gasteiger partial charge on any atom is 0.328 e. The van der Waals surface area contributed by atoms with Gasteiger partial charge in [0.25, 0.3) is 5.91 Å². The molecule has 1 aromatic heterocycles. The molecule has 106 valence electrons. The number of hydrogen-bond acceptors (Lipinski definition) is 5. The average Bonchev–Trinajstić information content (AvgIpc) is 2.61. The Labute approximate surface area is 112 Å². The lowest BCUT2D eigenvalue weighted by molar-refractivity contribution is -0.155. The van der Waals surface area contributed by atoms with Crippen molar-refractivity contribution in [1.29, 1.82) is 0 Å². The Morgan fingerprint density at radius 3 is 2.58 bits per heavy atom. The first-order chi connectivity index (χ1) is 8.67. The SMILES string of the molecule is CC(C)NC(=O)c1cn(CC(=O)OC(C)(C)C)nn1. The first-order valence-electron chi connectivity index (χ1n) is 6.10. The third-order valence-electron chi connectivity index (χ3n) is 1.90. The van der Waals surface area contributed by atoms with Gasteiger partial charge in [0.15, 0.2) is 5.69 Å². The largest absolute Gasteiger partial charge is 0.459 e. The maximum atomic E-state index is 11.6. The second-order valence-corrected chi connectivity index (χ2v) is 5.52. The van der Waals surface area contributed by atoms with Crippen LogP contribution in [-0.2, 0) is 16.1 Å². The summed E-state index contributed by atoms with van der Waals surface area (Å²) in [5.41, 5.74) is -0.368. The van der Waals surface area contributed by atoms with Gasteiger partial charge < -0.3 is 10.1 Å². The molecule has 0 aromatic carbocycles. The second-order valence-electron chi connectivity index (χ2n) is 5.52. The molecule has 7 heteroatoms. The number of nitrogens with one attached hydrogen (secondary N) is 1. The molecular weight excluding hydrogens is 248 g/mol. The number of esters is 1. The van der Waals surface area contributed by atoms with Crippen molar-refractivity contribution < 1.29 is 14.3 Å². The average molecular weight is 268 g/mol. The summed E-state index contributed by atoms with van der Waals surface area (Å²) in [5, 5.41) is 10.1. The molecule has 0 aliphatic rings. The summed E-state index contributed by atoms with van der Waals surface area (Å²) in [6.45, 7) is 8.99. The molecule has 0 aliphatic heterocycles. The van der Waals surface area contributed by atoms with Crippen molar-refractivity contribution in [3.8, 4) is 0 Å². The Morgan fingerprint density at radius 2 is 2.05 bits per heavy atom. The van der Waals surface area contributed by atoms with E-state index >= 15 is 0 Å². The molecule has 0 fully saturated rings. The van der Waals surface area contributed by atoms with Gasteiger partial charge in [0.2, 0.25) is 0 Å². The van der Waals surface area contributed by atoms with Crippen LogP contribution in [0.15, 0.2) is 6.20 Å². The molecule has 7 nitrogen and oxygen atoms in total. The molecule has 1 N–H and O–H groups in total. The van der Waals surface area contributed by atoms with E-state index in [1.54, 1.807) is 20.8 Å². The highest BCUT2D eigenvalue weighted by molar-refractivity contribution is 5.92. The third-order valence-corrected chi connectivity index (χ3v) is 1.90. The van der Waals surface area contributed by atoms with Crippen molar-refractivity contribution >= 4 is 11.9 Å². The van der Waals surface area contributed by atoms with Crippen molar-refractivity contribution in [1.82, 2.24) is 20.3 Å². The van der Waals surface area contributed by atoms with E-state index in [1.165, 1.54) is 10.9 Å². The highest BCUT2D eigenvalue weighted by atomic mass is 16.6. The molecule has 0 aliphatic carbocycles. The van der Waals surface area contributed by atoms with E-state index in [1.807, 2.05) is 13.8 Å². The zero-order chi connectivity index (χ0) is 14.6. The Kier molecular flexibility index (Phi) is 4.63. The van der Waals surface area contributed by atoms with Crippen molar-refractivity contribution in [2.24, 2.45) is 0 Å². The number of hydrogen-bond donors (Lipinski definition) is 1. The van der Waals surface area contributed by atoms with Gasteiger partial charge in [0.1, 0.15) is 12.1 Å². The van der Waals surface area contributed by atoms with Crippen LogP contribution in [-0.4, -0.2) is 38.5 Å². The first-order valence-corrected chi connectivity index (χ1v) is 6.10. The van der Waals surface area contributed by atoms with Gasteiger partial charge in [-0.05, 0) is 34.6 Å². The molecule has 1 aromatic rings. The predicted molar refractivity (Wildman–Crippen MR) is 68.5 cm³/mol. The van der Waals surface area contributed by atoms with Gasteiger partial charge in [-0.3, -0.25) is 9.59 Å². The van der Waals surface area contributed by atoms with E-state index in [2.05, 4.69) is 15.6 Å². The van der Waals surface area contributed by atoms with Crippen LogP contribution in [0, 0.1) is 0 Å². The van der Waals surface area contributed by atoms with Crippen molar-refractivity contribution in [2.45, 2.75) is 52.8 Å². The number of carbonyl (C=O) groups excluding carboxylic acids is 2. The van der Waals surface area contributed by atoms with Crippen LogP contribution in [0.1, 0.15) is 45.1 Å². The number of carbonyl (C=O) groups is 2. The quantitative estimate of drug-likeness (QED) is 0.815. The van der Waals surface area contributed by atoms with Crippen LogP contribution in [0.2, 0.25) is 0 Å². The van der Waals surface area contributed by atoms with Crippen molar-refractivity contribution in [2.75, 3.05) is 0 Å². The van der Waals surface area contributed by atoms with Gasteiger partial charge in [-0.25, -0.2) is 4.68 Å². The number of amides is 1. The molecule has 19 heavy (non-hydrogen) atoms. The minimum atomic E-state index is -0.546. The molecular formula is C12H20N4O3. The predicted octanol–water partition coefficient (Wildman–Crippen LogP) is 0.758. The second kappa shape index (κ2) is 5.81. The maximum absolute atomic E-state index is 11.6. The van der Waals surface area contributed by atoms with E-state index in [4.69, 9.17) is 4.74 Å². The van der Waals surface area contributed by atoms with Gasteiger partial charge in [0, 0.05) is 6.04 Å². The highest BCUT2D eigenvalue weighted by Crippen LogP contribution is 2.07. The molecule has 0 radical (unpaired) electrons. The Hall–Kier alpha value is -1.92. The number of aromatic nitrogens is 3. The smallest absolute Gasteiger partial charge is 0.328 e. The monoisotopic (exact) mass is 268 g/mol. The van der Waals surface area contributed by atoms with Gasteiger partial charge in [-0.15, -0.1) is 5.10 Å². The summed E-state index contributed by atoms with van der Waals surface area (Å²) < 4.78 is 6.43. The van der Waals surface area contributed by atoms with E-state index < -0.39 is 11.6 Å². The van der Waals surface area contributed by atoms with Crippen LogP contribution in [0.5, 0.6) is 0 Å². The molecule has 0 atom stereocenters. The third kappa shape index (κ3) is 5.50. The molecule has 1 rings (SSSR count).